The van der Waals surface area contributed by atoms with Gasteiger partial charge in [-0.25, -0.2) is 4.98 Å². The molecule has 0 saturated carbocycles. The summed E-state index contributed by atoms with van der Waals surface area (Å²) in [6, 6.07) is 14.2. The van der Waals surface area contributed by atoms with Gasteiger partial charge in [-0.15, -0.1) is 0 Å². The first-order valence-corrected chi connectivity index (χ1v) is 8.77. The van der Waals surface area contributed by atoms with E-state index in [9.17, 15) is 4.79 Å². The number of nitrogens with one attached hydrogen (secondary N) is 1. The molecule has 2 atom stereocenters. The molecule has 1 aliphatic heterocycles. The minimum absolute atomic E-state index is 0.111. The summed E-state index contributed by atoms with van der Waals surface area (Å²) in [5, 5.41) is 3.38. The second kappa shape index (κ2) is 7.47. The summed E-state index contributed by atoms with van der Waals surface area (Å²) in [6.07, 6.45) is 5.01. The van der Waals surface area contributed by atoms with E-state index in [1.807, 2.05) is 47.5 Å². The third-order valence-corrected chi connectivity index (χ3v) is 4.71. The largest absolute Gasteiger partial charge is 0.368 e. The molecule has 3 rings (SSSR count). The van der Waals surface area contributed by atoms with Crippen molar-refractivity contribution in [3.63, 3.8) is 0 Å². The topological polar surface area (TPSA) is 45.2 Å². The molecule has 1 amide bonds. The van der Waals surface area contributed by atoms with Gasteiger partial charge in [0.15, 0.2) is 0 Å². The first-order valence-electron chi connectivity index (χ1n) is 8.77. The van der Waals surface area contributed by atoms with Crippen LogP contribution < -0.4 is 5.32 Å². The van der Waals surface area contributed by atoms with Gasteiger partial charge in [-0.1, -0.05) is 31.2 Å². The molecule has 0 unspecified atom stereocenters. The highest BCUT2D eigenvalue weighted by Gasteiger charge is 2.30. The summed E-state index contributed by atoms with van der Waals surface area (Å²) in [5.41, 5.74) is 1.87. The molecule has 24 heavy (non-hydrogen) atoms. The van der Waals surface area contributed by atoms with Crippen LogP contribution in [0.5, 0.6) is 0 Å². The summed E-state index contributed by atoms with van der Waals surface area (Å²) < 4.78 is 0. The second-order valence-electron chi connectivity index (χ2n) is 6.45. The van der Waals surface area contributed by atoms with E-state index in [2.05, 4.69) is 30.2 Å². The number of hydrogen-bond acceptors (Lipinski definition) is 3. The maximum absolute atomic E-state index is 12.8. The lowest BCUT2D eigenvalue weighted by atomic mass is 10.1. The highest BCUT2D eigenvalue weighted by Crippen LogP contribution is 2.33. The predicted octanol–water partition coefficient (Wildman–Crippen LogP) is 4.27. The first kappa shape index (κ1) is 16.5. The summed E-state index contributed by atoms with van der Waals surface area (Å²) >= 11 is 0. The maximum Gasteiger partial charge on any atom is 0.254 e. The van der Waals surface area contributed by atoms with Gasteiger partial charge in [-0.3, -0.25) is 4.79 Å². The van der Waals surface area contributed by atoms with Gasteiger partial charge in [0.05, 0.1) is 6.04 Å². The van der Waals surface area contributed by atoms with Crippen molar-refractivity contribution in [2.45, 2.75) is 45.2 Å². The van der Waals surface area contributed by atoms with Crippen LogP contribution >= 0.6 is 0 Å². The number of hydrogen-bond donors (Lipinski definition) is 1. The van der Waals surface area contributed by atoms with E-state index >= 15 is 0 Å². The summed E-state index contributed by atoms with van der Waals surface area (Å²) in [5.74, 6) is 1.01. The molecule has 4 heteroatoms. The van der Waals surface area contributed by atoms with Crippen LogP contribution in [0.1, 0.15) is 55.1 Å². The molecular weight excluding hydrogens is 298 g/mol. The van der Waals surface area contributed by atoms with Crippen molar-refractivity contribution in [2.75, 3.05) is 11.9 Å². The van der Waals surface area contributed by atoms with E-state index in [1.54, 1.807) is 0 Å². The zero-order chi connectivity index (χ0) is 16.9. The van der Waals surface area contributed by atoms with Gasteiger partial charge < -0.3 is 10.2 Å². The Morgan fingerprint density at radius 2 is 2.08 bits per heavy atom. The minimum atomic E-state index is 0.111. The van der Waals surface area contributed by atoms with Gasteiger partial charge in [0.1, 0.15) is 5.82 Å². The Morgan fingerprint density at radius 1 is 1.29 bits per heavy atom. The van der Waals surface area contributed by atoms with Gasteiger partial charge in [0.2, 0.25) is 0 Å². The van der Waals surface area contributed by atoms with Gasteiger partial charge in [0.25, 0.3) is 5.91 Å². The number of nitrogens with zero attached hydrogens (tertiary/aromatic N) is 2. The van der Waals surface area contributed by atoms with E-state index < -0.39 is 0 Å². The monoisotopic (exact) mass is 323 g/mol. The average Bonchev–Trinajstić information content (AvgIpc) is 3.12. The number of benzene rings is 1. The predicted molar refractivity (Wildman–Crippen MR) is 97.1 cm³/mol. The Hall–Kier alpha value is -2.36. The molecule has 0 spiro atoms. The summed E-state index contributed by atoms with van der Waals surface area (Å²) in [6.45, 7) is 5.11. The molecule has 1 N–H and O–H groups in total. The number of amides is 1. The van der Waals surface area contributed by atoms with Gasteiger partial charge in [-0.05, 0) is 49.9 Å². The van der Waals surface area contributed by atoms with Crippen molar-refractivity contribution < 1.29 is 4.79 Å². The Kier molecular flexibility index (Phi) is 5.14. The average molecular weight is 323 g/mol. The second-order valence-corrected chi connectivity index (χ2v) is 6.45. The molecule has 0 radical (unpaired) electrons. The molecule has 1 saturated heterocycles. The lowest BCUT2D eigenvalue weighted by molar-refractivity contribution is 0.0735. The van der Waals surface area contributed by atoms with E-state index in [0.717, 1.165) is 42.8 Å². The Balaban J connectivity index is 1.74. The summed E-state index contributed by atoms with van der Waals surface area (Å²) in [4.78, 5) is 19.3. The Bertz CT molecular complexity index is 669. The van der Waals surface area contributed by atoms with E-state index in [-0.39, 0.29) is 11.9 Å². The van der Waals surface area contributed by atoms with Crippen molar-refractivity contribution >= 4 is 11.7 Å². The molecule has 4 nitrogen and oxygen atoms in total. The molecule has 1 aromatic heterocycles. The highest BCUT2D eigenvalue weighted by atomic mass is 16.2. The van der Waals surface area contributed by atoms with Crippen LogP contribution in [0, 0.1) is 0 Å². The molecule has 0 bridgehead atoms. The van der Waals surface area contributed by atoms with Crippen LogP contribution in [0.4, 0.5) is 5.82 Å². The number of carbonyl (C=O) groups is 1. The fourth-order valence-corrected chi connectivity index (χ4v) is 3.15. The van der Waals surface area contributed by atoms with Crippen LogP contribution in [0.2, 0.25) is 0 Å². The van der Waals surface area contributed by atoms with Crippen LogP contribution in [-0.2, 0) is 0 Å². The fraction of sp³-hybridized carbons (Fsp3) is 0.400. The Morgan fingerprint density at radius 3 is 2.75 bits per heavy atom. The van der Waals surface area contributed by atoms with Crippen LogP contribution in [0.3, 0.4) is 0 Å². The van der Waals surface area contributed by atoms with Crippen molar-refractivity contribution in [1.82, 2.24) is 9.88 Å². The normalized spacial score (nSPS) is 18.4. The van der Waals surface area contributed by atoms with E-state index in [1.165, 1.54) is 0 Å². The van der Waals surface area contributed by atoms with Crippen molar-refractivity contribution in [1.29, 1.82) is 0 Å². The first-order chi connectivity index (χ1) is 11.7. The zero-order valence-electron chi connectivity index (χ0n) is 14.4. The van der Waals surface area contributed by atoms with Crippen molar-refractivity contribution in [2.24, 2.45) is 0 Å². The molecule has 2 heterocycles. The standard InChI is InChI=1S/C20H25N3O/c1-3-15(2)22-19-12-11-17(14-21-19)18-10-7-13-23(18)20(24)16-8-5-4-6-9-16/h4-6,8-9,11-12,14-15,18H,3,7,10,13H2,1-2H3,(H,21,22)/t15-,18+/m1/s1. The third-order valence-electron chi connectivity index (χ3n) is 4.71. The number of anilines is 1. The molecule has 126 valence electrons. The molecule has 1 aromatic carbocycles. The SMILES string of the molecule is CC[C@@H](C)Nc1ccc([C@@H]2CCCN2C(=O)c2ccccc2)cn1. The number of aromatic nitrogens is 1. The number of rotatable bonds is 5. The van der Waals surface area contributed by atoms with Gasteiger partial charge >= 0.3 is 0 Å². The highest BCUT2D eigenvalue weighted by molar-refractivity contribution is 5.94. The van der Waals surface area contributed by atoms with Crippen molar-refractivity contribution in [3.05, 3.63) is 59.8 Å². The van der Waals surface area contributed by atoms with Crippen molar-refractivity contribution in [3.8, 4) is 0 Å². The number of likely N-dealkylation sites (tertiary alicyclic amines) is 1. The van der Waals surface area contributed by atoms with E-state index in [4.69, 9.17) is 0 Å². The maximum atomic E-state index is 12.8. The lowest BCUT2D eigenvalue weighted by Crippen LogP contribution is -2.30. The zero-order valence-corrected chi connectivity index (χ0v) is 14.4. The molecule has 0 aliphatic carbocycles. The van der Waals surface area contributed by atoms with Crippen LogP contribution in [-0.4, -0.2) is 28.4 Å². The van der Waals surface area contributed by atoms with E-state index in [0.29, 0.717) is 6.04 Å². The van der Waals surface area contributed by atoms with Gasteiger partial charge in [0, 0.05) is 24.3 Å². The lowest BCUT2D eigenvalue weighted by Gasteiger charge is -2.25. The smallest absolute Gasteiger partial charge is 0.254 e. The van der Waals surface area contributed by atoms with Gasteiger partial charge in [-0.2, -0.15) is 0 Å². The minimum Gasteiger partial charge on any atom is -0.368 e. The fourth-order valence-electron chi connectivity index (χ4n) is 3.15. The molecule has 1 aliphatic rings. The molecular formula is C20H25N3O. The quantitative estimate of drug-likeness (QED) is 0.894. The molecule has 2 aromatic rings. The number of carbonyl (C=O) groups excluding carboxylic acids is 1. The molecule has 1 fully saturated rings. The van der Waals surface area contributed by atoms with Crippen LogP contribution in [0.15, 0.2) is 48.7 Å². The summed E-state index contributed by atoms with van der Waals surface area (Å²) in [7, 11) is 0. The Labute approximate surface area is 143 Å². The van der Waals surface area contributed by atoms with Crippen LogP contribution in [0.25, 0.3) is 0 Å². The number of pyridine rings is 1. The third kappa shape index (κ3) is 3.58.